The number of furan rings is 1. The van der Waals surface area contributed by atoms with Crippen molar-refractivity contribution in [3.05, 3.63) is 146 Å². The topological polar surface area (TPSA) is 56.7 Å². The van der Waals surface area contributed by atoms with Crippen LogP contribution in [0, 0.1) is 0 Å². The first kappa shape index (κ1) is 25.0. The maximum Gasteiger partial charge on any atom is 0.238 e. The van der Waals surface area contributed by atoms with E-state index in [1.54, 1.807) is 0 Å². The van der Waals surface area contributed by atoms with Crippen LogP contribution in [0.2, 0.25) is 0 Å². The van der Waals surface area contributed by atoms with Gasteiger partial charge in [0.15, 0.2) is 11.6 Å². The van der Waals surface area contributed by atoms with Gasteiger partial charge in [0, 0.05) is 32.7 Å². The first-order valence-corrected chi connectivity index (χ1v) is 15.4. The molecule has 0 aliphatic rings. The highest BCUT2D eigenvalue weighted by Gasteiger charge is 2.19. The lowest BCUT2D eigenvalue weighted by Crippen LogP contribution is -2.06. The average Bonchev–Trinajstić information content (AvgIpc) is 3.65. The molecule has 0 fully saturated rings. The van der Waals surface area contributed by atoms with Gasteiger partial charge in [-0.1, -0.05) is 103 Å². The molecule has 214 valence electrons. The number of benzene rings is 7. The van der Waals surface area contributed by atoms with Crippen molar-refractivity contribution in [2.24, 2.45) is 0 Å². The Kier molecular flexibility index (Phi) is 5.22. The summed E-state index contributed by atoms with van der Waals surface area (Å²) in [7, 11) is 0. The van der Waals surface area contributed by atoms with Gasteiger partial charge in [-0.25, -0.2) is 4.98 Å². The van der Waals surface area contributed by atoms with Crippen molar-refractivity contribution < 1.29 is 4.42 Å². The third kappa shape index (κ3) is 3.79. The molecule has 5 nitrogen and oxygen atoms in total. The van der Waals surface area contributed by atoms with Gasteiger partial charge in [-0.2, -0.15) is 9.97 Å². The first-order valence-electron chi connectivity index (χ1n) is 15.4. The maximum absolute atomic E-state index is 6.26. The van der Waals surface area contributed by atoms with Gasteiger partial charge in [0.1, 0.15) is 11.2 Å². The summed E-state index contributed by atoms with van der Waals surface area (Å²) < 4.78 is 8.43. The number of rotatable bonds is 3. The highest BCUT2D eigenvalue weighted by Crippen LogP contribution is 2.36. The summed E-state index contributed by atoms with van der Waals surface area (Å²) in [6.45, 7) is 0. The standard InChI is InChI=1S/C41H24N4O/c1-2-10-26-21-29(18-17-25(26)9-1)39-42-40(30-19-20-33-32-14-6-8-16-37(32)46-38(33)24-30)44-41(43-39)45-35-15-7-5-13-31(35)34-22-27-11-3-4-12-28(27)23-36(34)45/h1-24H. The third-order valence-corrected chi connectivity index (χ3v) is 9.01. The average molecular weight is 589 g/mol. The van der Waals surface area contributed by atoms with Crippen molar-refractivity contribution in [3.8, 4) is 28.7 Å². The molecule has 0 bridgehead atoms. The number of fused-ring (bicyclic) bond motifs is 8. The minimum absolute atomic E-state index is 0.569. The lowest BCUT2D eigenvalue weighted by atomic mass is 10.1. The quantitative estimate of drug-likeness (QED) is 0.206. The van der Waals surface area contributed by atoms with E-state index >= 15 is 0 Å². The molecule has 0 aliphatic heterocycles. The van der Waals surface area contributed by atoms with Crippen LogP contribution >= 0.6 is 0 Å². The van der Waals surface area contributed by atoms with Crippen LogP contribution in [-0.4, -0.2) is 19.5 Å². The number of aromatic nitrogens is 4. The van der Waals surface area contributed by atoms with Crippen molar-refractivity contribution >= 4 is 65.3 Å². The van der Waals surface area contributed by atoms with Crippen LogP contribution in [-0.2, 0) is 0 Å². The van der Waals surface area contributed by atoms with Crippen LogP contribution in [0.3, 0.4) is 0 Å². The normalized spacial score (nSPS) is 11.9. The molecule has 0 unspecified atom stereocenters. The number of para-hydroxylation sites is 2. The molecular formula is C41H24N4O. The maximum atomic E-state index is 6.26. The van der Waals surface area contributed by atoms with Crippen molar-refractivity contribution in [1.82, 2.24) is 19.5 Å². The van der Waals surface area contributed by atoms with Crippen LogP contribution in [0.15, 0.2) is 150 Å². The highest BCUT2D eigenvalue weighted by atomic mass is 16.3. The fourth-order valence-corrected chi connectivity index (χ4v) is 6.79. The predicted octanol–water partition coefficient (Wildman–Crippen LogP) is 10.5. The fourth-order valence-electron chi connectivity index (χ4n) is 6.79. The third-order valence-electron chi connectivity index (χ3n) is 9.01. The monoisotopic (exact) mass is 588 g/mol. The molecule has 0 N–H and O–H groups in total. The molecule has 0 amide bonds. The second-order valence-corrected chi connectivity index (χ2v) is 11.7. The van der Waals surface area contributed by atoms with E-state index in [0.717, 1.165) is 60.3 Å². The van der Waals surface area contributed by atoms with Gasteiger partial charge in [-0.3, -0.25) is 4.57 Å². The molecule has 10 aromatic rings. The van der Waals surface area contributed by atoms with Crippen molar-refractivity contribution in [2.45, 2.75) is 0 Å². The van der Waals surface area contributed by atoms with Crippen molar-refractivity contribution in [1.29, 1.82) is 0 Å². The van der Waals surface area contributed by atoms with Crippen LogP contribution in [0.25, 0.3) is 94.0 Å². The molecule has 0 saturated carbocycles. The molecule has 0 aliphatic carbocycles. The highest BCUT2D eigenvalue weighted by molar-refractivity contribution is 6.13. The summed E-state index contributed by atoms with van der Waals surface area (Å²) >= 11 is 0. The second kappa shape index (κ2) is 9.58. The molecule has 5 heteroatoms. The predicted molar refractivity (Wildman–Crippen MR) is 187 cm³/mol. The zero-order chi connectivity index (χ0) is 30.2. The molecule has 10 rings (SSSR count). The van der Waals surface area contributed by atoms with Crippen molar-refractivity contribution in [2.75, 3.05) is 0 Å². The summed E-state index contributed by atoms with van der Waals surface area (Å²) in [5, 5.41) is 9.14. The van der Waals surface area contributed by atoms with Gasteiger partial charge in [-0.05, 0) is 64.0 Å². The van der Waals surface area contributed by atoms with E-state index in [1.165, 1.54) is 16.2 Å². The van der Waals surface area contributed by atoms with Crippen LogP contribution in [0.4, 0.5) is 0 Å². The van der Waals surface area contributed by atoms with Crippen LogP contribution < -0.4 is 0 Å². The molecule has 3 heterocycles. The summed E-state index contributed by atoms with van der Waals surface area (Å²) in [6.07, 6.45) is 0. The minimum atomic E-state index is 0.569. The Balaban J connectivity index is 1.27. The largest absolute Gasteiger partial charge is 0.456 e. The Morgan fingerprint density at radius 3 is 1.83 bits per heavy atom. The summed E-state index contributed by atoms with van der Waals surface area (Å²) in [5.41, 5.74) is 5.55. The Morgan fingerprint density at radius 1 is 0.391 bits per heavy atom. The Hall–Kier alpha value is -6.33. The van der Waals surface area contributed by atoms with Gasteiger partial charge in [-0.15, -0.1) is 0 Å². The lowest BCUT2D eigenvalue weighted by molar-refractivity contribution is 0.669. The van der Waals surface area contributed by atoms with E-state index in [9.17, 15) is 0 Å². The number of hydrogen-bond acceptors (Lipinski definition) is 4. The summed E-state index contributed by atoms with van der Waals surface area (Å²) in [5.74, 6) is 1.77. The van der Waals surface area contributed by atoms with Gasteiger partial charge in [0.25, 0.3) is 0 Å². The van der Waals surface area contributed by atoms with E-state index in [-0.39, 0.29) is 0 Å². The SMILES string of the molecule is c1ccc2cc(-c3nc(-c4ccc5c(c4)oc4ccccc45)nc(-n4c5ccccc5c5cc6ccccc6cc54)n3)ccc2c1. The molecule has 0 radical (unpaired) electrons. The lowest BCUT2D eigenvalue weighted by Gasteiger charge is -2.11. The zero-order valence-corrected chi connectivity index (χ0v) is 24.6. The Labute approximate surface area is 263 Å². The number of hydrogen-bond donors (Lipinski definition) is 0. The Bertz CT molecular complexity index is 2830. The molecular weight excluding hydrogens is 564 g/mol. The molecule has 3 aromatic heterocycles. The van der Waals surface area contributed by atoms with E-state index < -0.39 is 0 Å². The first-order chi connectivity index (χ1) is 22.8. The smallest absolute Gasteiger partial charge is 0.238 e. The van der Waals surface area contributed by atoms with Crippen molar-refractivity contribution in [3.63, 3.8) is 0 Å². The van der Waals surface area contributed by atoms with E-state index in [2.05, 4.69) is 126 Å². The fraction of sp³-hybridized carbons (Fsp3) is 0. The van der Waals surface area contributed by atoms with Gasteiger partial charge in [0.05, 0.1) is 11.0 Å². The van der Waals surface area contributed by atoms with Gasteiger partial charge < -0.3 is 4.42 Å². The zero-order valence-electron chi connectivity index (χ0n) is 24.6. The minimum Gasteiger partial charge on any atom is -0.456 e. The summed E-state index contributed by atoms with van der Waals surface area (Å²) in [4.78, 5) is 15.4. The molecule has 46 heavy (non-hydrogen) atoms. The molecule has 0 atom stereocenters. The number of nitrogens with zero attached hydrogens (tertiary/aromatic N) is 4. The molecule has 0 saturated heterocycles. The van der Waals surface area contributed by atoms with Gasteiger partial charge in [0.2, 0.25) is 5.95 Å². The Morgan fingerprint density at radius 2 is 1.00 bits per heavy atom. The van der Waals surface area contributed by atoms with Gasteiger partial charge >= 0.3 is 0 Å². The van der Waals surface area contributed by atoms with Crippen LogP contribution in [0.1, 0.15) is 0 Å². The molecule has 7 aromatic carbocycles. The van der Waals surface area contributed by atoms with E-state index in [1.807, 2.05) is 24.3 Å². The van der Waals surface area contributed by atoms with Crippen LogP contribution in [0.5, 0.6) is 0 Å². The van der Waals surface area contributed by atoms with E-state index in [0.29, 0.717) is 17.6 Å². The summed E-state index contributed by atoms with van der Waals surface area (Å²) in [6, 6.07) is 50.5. The van der Waals surface area contributed by atoms with E-state index in [4.69, 9.17) is 19.4 Å². The molecule has 0 spiro atoms. The second-order valence-electron chi connectivity index (χ2n) is 11.7.